The van der Waals surface area contributed by atoms with E-state index in [1.54, 1.807) is 36.6 Å². The zero-order chi connectivity index (χ0) is 17.4. The van der Waals surface area contributed by atoms with Gasteiger partial charge in [0.25, 0.3) is 0 Å². The number of halogens is 2. The molecule has 0 saturated heterocycles. The van der Waals surface area contributed by atoms with Gasteiger partial charge < -0.3 is 15.4 Å². The Morgan fingerprint density at radius 1 is 1.36 bits per heavy atom. The Hall–Kier alpha value is -1.42. The van der Waals surface area contributed by atoms with Gasteiger partial charge in [0.1, 0.15) is 6.10 Å². The number of nitrogens with zero attached hydrogens (tertiary/aromatic N) is 2. The Kier molecular flexibility index (Phi) is 9.73. The van der Waals surface area contributed by atoms with Crippen LogP contribution in [0.1, 0.15) is 24.5 Å². The first-order chi connectivity index (χ1) is 11.6. The van der Waals surface area contributed by atoms with Crippen LogP contribution in [-0.2, 0) is 13.0 Å². The number of nitrogens with one attached hydrogen (secondary N) is 2. The van der Waals surface area contributed by atoms with Crippen molar-refractivity contribution in [2.75, 3.05) is 13.6 Å². The molecule has 8 heteroatoms. The van der Waals surface area contributed by atoms with Crippen LogP contribution in [0.3, 0.4) is 0 Å². The minimum atomic E-state index is -0.359. The summed E-state index contributed by atoms with van der Waals surface area (Å²) in [6, 6.07) is 6.39. The molecule has 2 aromatic rings. The monoisotopic (exact) mass is 478 g/mol. The second kappa shape index (κ2) is 11.2. The van der Waals surface area contributed by atoms with Crippen LogP contribution in [0.2, 0.25) is 0 Å². The Labute approximate surface area is 169 Å². The molecule has 0 fully saturated rings. The third kappa shape index (κ3) is 7.15. The lowest BCUT2D eigenvalue weighted by Crippen LogP contribution is -2.41. The number of aliphatic imine (C=N–C) groups is 1. The molecule has 1 unspecified atom stereocenters. The standard InChI is InChI=1S/C17H23FN4OS.HI/c1-4-16-22-13(11-24-16)10-21-17(19-3)20-9-12(2)23-15-8-6-5-7-14(15)18;/h5-8,11-12H,4,9-10H2,1-3H3,(H2,19,20,21);1H. The van der Waals surface area contributed by atoms with Crippen molar-refractivity contribution in [3.05, 3.63) is 46.2 Å². The number of hydrogen-bond donors (Lipinski definition) is 2. The smallest absolute Gasteiger partial charge is 0.191 e. The largest absolute Gasteiger partial charge is 0.486 e. The Morgan fingerprint density at radius 3 is 2.76 bits per heavy atom. The van der Waals surface area contributed by atoms with Crippen LogP contribution >= 0.6 is 35.3 Å². The Balaban J connectivity index is 0.00000312. The molecule has 0 aliphatic carbocycles. The minimum absolute atomic E-state index is 0. The van der Waals surface area contributed by atoms with Crippen LogP contribution in [0, 0.1) is 5.82 Å². The maximum Gasteiger partial charge on any atom is 0.191 e. The topological polar surface area (TPSA) is 58.5 Å². The van der Waals surface area contributed by atoms with E-state index in [0.29, 0.717) is 19.0 Å². The van der Waals surface area contributed by atoms with Crippen molar-refractivity contribution >= 4 is 41.3 Å². The first kappa shape index (κ1) is 21.6. The molecular formula is C17H24FIN4OS. The third-order valence-corrected chi connectivity index (χ3v) is 4.33. The molecule has 0 radical (unpaired) electrons. The fraction of sp³-hybridized carbons (Fsp3) is 0.412. The van der Waals surface area contributed by atoms with Gasteiger partial charge in [-0.3, -0.25) is 4.99 Å². The van der Waals surface area contributed by atoms with Gasteiger partial charge in [0, 0.05) is 12.4 Å². The average molecular weight is 478 g/mol. The Morgan fingerprint density at radius 2 is 2.12 bits per heavy atom. The number of thiazole rings is 1. The SMILES string of the molecule is CCc1nc(CNC(=NC)NCC(C)Oc2ccccc2F)cs1.I. The molecule has 0 aliphatic rings. The number of ether oxygens (including phenoxy) is 1. The molecule has 0 spiro atoms. The number of aromatic nitrogens is 1. The summed E-state index contributed by atoms with van der Waals surface area (Å²) in [5.74, 6) is 0.552. The molecule has 2 rings (SSSR count). The summed E-state index contributed by atoms with van der Waals surface area (Å²) in [6.07, 6.45) is 0.745. The van der Waals surface area contributed by atoms with Crippen molar-refractivity contribution in [3.8, 4) is 5.75 Å². The lowest BCUT2D eigenvalue weighted by molar-refractivity contribution is 0.214. The third-order valence-electron chi connectivity index (χ3n) is 3.28. The highest BCUT2D eigenvalue weighted by atomic mass is 127. The molecule has 1 heterocycles. The molecular weight excluding hydrogens is 454 g/mol. The first-order valence-electron chi connectivity index (χ1n) is 7.91. The molecule has 0 saturated carbocycles. The van der Waals surface area contributed by atoms with Crippen molar-refractivity contribution in [1.29, 1.82) is 0 Å². The summed E-state index contributed by atoms with van der Waals surface area (Å²) in [4.78, 5) is 8.67. The highest BCUT2D eigenvalue weighted by Crippen LogP contribution is 2.16. The number of aryl methyl sites for hydroxylation is 1. The summed E-state index contributed by atoms with van der Waals surface area (Å²) in [5.41, 5.74) is 0.996. The van der Waals surface area contributed by atoms with E-state index in [0.717, 1.165) is 17.1 Å². The van der Waals surface area contributed by atoms with Crippen LogP contribution in [0.15, 0.2) is 34.6 Å². The zero-order valence-electron chi connectivity index (χ0n) is 14.6. The average Bonchev–Trinajstić information content (AvgIpc) is 3.05. The number of rotatable bonds is 7. The van der Waals surface area contributed by atoms with E-state index in [4.69, 9.17) is 4.74 Å². The van der Waals surface area contributed by atoms with Crippen LogP contribution in [0.25, 0.3) is 0 Å². The van der Waals surface area contributed by atoms with Crippen LogP contribution in [0.4, 0.5) is 4.39 Å². The number of para-hydroxylation sites is 1. The summed E-state index contributed by atoms with van der Waals surface area (Å²) in [6.45, 7) is 5.08. The van der Waals surface area contributed by atoms with E-state index in [-0.39, 0.29) is 41.6 Å². The van der Waals surface area contributed by atoms with E-state index < -0.39 is 0 Å². The van der Waals surface area contributed by atoms with Gasteiger partial charge in [0.05, 0.1) is 23.8 Å². The van der Waals surface area contributed by atoms with Gasteiger partial charge in [-0.25, -0.2) is 9.37 Å². The van der Waals surface area contributed by atoms with Gasteiger partial charge in [-0.15, -0.1) is 35.3 Å². The molecule has 1 aromatic heterocycles. The second-order valence-electron chi connectivity index (χ2n) is 5.25. The molecule has 5 nitrogen and oxygen atoms in total. The first-order valence-corrected chi connectivity index (χ1v) is 8.79. The molecule has 25 heavy (non-hydrogen) atoms. The van der Waals surface area contributed by atoms with Crippen molar-refractivity contribution in [2.45, 2.75) is 32.9 Å². The second-order valence-corrected chi connectivity index (χ2v) is 6.19. The molecule has 138 valence electrons. The highest BCUT2D eigenvalue weighted by molar-refractivity contribution is 14.0. The lowest BCUT2D eigenvalue weighted by Gasteiger charge is -2.17. The van der Waals surface area contributed by atoms with Gasteiger partial charge in [-0.1, -0.05) is 19.1 Å². The van der Waals surface area contributed by atoms with Gasteiger partial charge in [-0.2, -0.15) is 0 Å². The molecule has 0 bridgehead atoms. The molecule has 1 atom stereocenters. The van der Waals surface area contributed by atoms with E-state index >= 15 is 0 Å². The highest BCUT2D eigenvalue weighted by Gasteiger charge is 2.09. The summed E-state index contributed by atoms with van der Waals surface area (Å²) in [5, 5.41) is 9.55. The predicted octanol–water partition coefficient (Wildman–Crippen LogP) is 3.60. The van der Waals surface area contributed by atoms with Gasteiger partial charge in [0.15, 0.2) is 17.5 Å². The van der Waals surface area contributed by atoms with Crippen molar-refractivity contribution < 1.29 is 9.13 Å². The van der Waals surface area contributed by atoms with Gasteiger partial charge >= 0.3 is 0 Å². The van der Waals surface area contributed by atoms with Crippen molar-refractivity contribution in [1.82, 2.24) is 15.6 Å². The van der Waals surface area contributed by atoms with Crippen molar-refractivity contribution in [3.63, 3.8) is 0 Å². The lowest BCUT2D eigenvalue weighted by atomic mass is 10.3. The van der Waals surface area contributed by atoms with Crippen LogP contribution in [-0.4, -0.2) is 30.6 Å². The van der Waals surface area contributed by atoms with Gasteiger partial charge in [0.2, 0.25) is 0 Å². The van der Waals surface area contributed by atoms with E-state index in [1.165, 1.54) is 6.07 Å². The maximum absolute atomic E-state index is 13.6. The normalized spacial score (nSPS) is 12.2. The summed E-state index contributed by atoms with van der Waals surface area (Å²) in [7, 11) is 1.70. The molecule has 0 amide bonds. The number of hydrogen-bond acceptors (Lipinski definition) is 4. The van der Waals surface area contributed by atoms with E-state index in [9.17, 15) is 4.39 Å². The molecule has 2 N–H and O–H groups in total. The van der Waals surface area contributed by atoms with Gasteiger partial charge in [-0.05, 0) is 25.5 Å². The Bertz CT molecular complexity index is 680. The fourth-order valence-electron chi connectivity index (χ4n) is 2.03. The maximum atomic E-state index is 13.6. The quantitative estimate of drug-likeness (QED) is 0.363. The van der Waals surface area contributed by atoms with Crippen LogP contribution < -0.4 is 15.4 Å². The van der Waals surface area contributed by atoms with Crippen LogP contribution in [0.5, 0.6) is 5.75 Å². The minimum Gasteiger partial charge on any atom is -0.486 e. The van der Waals surface area contributed by atoms with E-state index in [2.05, 4.69) is 27.5 Å². The number of guanidine groups is 1. The van der Waals surface area contributed by atoms with E-state index in [1.807, 2.05) is 12.3 Å². The van der Waals surface area contributed by atoms with Crippen molar-refractivity contribution in [2.24, 2.45) is 4.99 Å². The molecule has 0 aliphatic heterocycles. The summed E-state index contributed by atoms with van der Waals surface area (Å²) < 4.78 is 19.2. The zero-order valence-corrected chi connectivity index (χ0v) is 17.7. The molecule has 1 aromatic carbocycles. The predicted molar refractivity (Wildman–Crippen MR) is 112 cm³/mol. The summed E-state index contributed by atoms with van der Waals surface area (Å²) >= 11 is 1.66. The number of benzene rings is 1. The fourth-order valence-corrected chi connectivity index (χ4v) is 2.77.